The van der Waals surface area contributed by atoms with E-state index in [0.717, 1.165) is 66.3 Å². The van der Waals surface area contributed by atoms with E-state index in [9.17, 15) is 4.79 Å². The number of hydrogen-bond acceptors (Lipinski definition) is 8. The van der Waals surface area contributed by atoms with Gasteiger partial charge in [-0.05, 0) is 40.7 Å². The molecule has 522 valence electrons. The first-order valence-corrected chi connectivity index (χ1v) is 38.4. The number of nitrogens with one attached hydrogen (secondary N) is 1. The van der Waals surface area contributed by atoms with Crippen LogP contribution in [0.1, 0.15) is 286 Å². The van der Waals surface area contributed by atoms with Crippen molar-refractivity contribution in [2.24, 2.45) is 0 Å². The van der Waals surface area contributed by atoms with Gasteiger partial charge in [0.05, 0.1) is 58.4 Å². The molecule has 0 bridgehead atoms. The Labute approximate surface area is 572 Å². The molecule has 5 aromatic rings. The number of benzene rings is 5. The third-order valence-corrected chi connectivity index (χ3v) is 19.0. The van der Waals surface area contributed by atoms with Crippen molar-refractivity contribution in [2.45, 2.75) is 334 Å². The highest BCUT2D eigenvalue weighted by atomic mass is 16.7. The summed E-state index contributed by atoms with van der Waals surface area (Å²) in [6, 6.07) is 50.9. The van der Waals surface area contributed by atoms with Crippen LogP contribution in [0.4, 0.5) is 0 Å². The van der Waals surface area contributed by atoms with Crippen LogP contribution in [0.5, 0.6) is 0 Å². The molecule has 0 aromatic heterocycles. The van der Waals surface area contributed by atoms with E-state index in [0.29, 0.717) is 39.5 Å². The zero-order valence-electron chi connectivity index (χ0n) is 59.1. The normalized spacial score (nSPS) is 17.1. The van der Waals surface area contributed by atoms with E-state index in [4.69, 9.17) is 33.2 Å². The van der Waals surface area contributed by atoms with Crippen molar-refractivity contribution in [2.75, 3.05) is 13.2 Å². The number of carbonyl (C=O) groups excluding carboxylic acids is 1. The Morgan fingerprint density at radius 1 is 0.362 bits per heavy atom. The van der Waals surface area contributed by atoms with Crippen LogP contribution >= 0.6 is 0 Å². The summed E-state index contributed by atoms with van der Waals surface area (Å²) in [7, 11) is 0. The van der Waals surface area contributed by atoms with Crippen molar-refractivity contribution >= 4 is 5.91 Å². The SMILES string of the molecule is CCCCCCCCCCCCCCCCCCCCCCCCCC(=O)N[C@@H](CO[C@H]1O[C@H](COCc2ccccc2)[C@H](OCc2ccccc2)[C@H](OCc2ccccc2)[C@H]1OCc1ccccc1)[C@@H](CCCCCCCCCCCCCCC)OCc1ccccc1. The first-order chi connectivity index (χ1) is 46.6. The van der Waals surface area contributed by atoms with Crippen molar-refractivity contribution in [3.05, 3.63) is 179 Å². The van der Waals surface area contributed by atoms with Crippen LogP contribution in [0.15, 0.2) is 152 Å². The second-order valence-electron chi connectivity index (χ2n) is 27.2. The first-order valence-electron chi connectivity index (χ1n) is 38.4. The molecular weight excluding hydrogens is 1160 g/mol. The molecule has 1 fully saturated rings. The van der Waals surface area contributed by atoms with Crippen molar-refractivity contribution in [3.8, 4) is 0 Å². The maximum atomic E-state index is 14.5. The van der Waals surface area contributed by atoms with Gasteiger partial charge < -0.3 is 38.5 Å². The molecule has 1 aliphatic heterocycles. The molecule has 1 aliphatic rings. The summed E-state index contributed by atoms with van der Waals surface area (Å²) >= 11 is 0. The molecule has 1 heterocycles. The van der Waals surface area contributed by atoms with Crippen LogP contribution in [0, 0.1) is 0 Å². The van der Waals surface area contributed by atoms with Crippen LogP contribution in [-0.2, 0) is 71.0 Å². The summed E-state index contributed by atoms with van der Waals surface area (Å²) in [5, 5.41) is 3.53. The lowest BCUT2D eigenvalue weighted by Gasteiger charge is -2.46. The lowest BCUT2D eigenvalue weighted by Crippen LogP contribution is -2.62. The highest BCUT2D eigenvalue weighted by Crippen LogP contribution is 2.33. The maximum absolute atomic E-state index is 14.5. The van der Waals surface area contributed by atoms with Gasteiger partial charge in [-0.2, -0.15) is 0 Å². The quantitative estimate of drug-likeness (QED) is 0.0385. The van der Waals surface area contributed by atoms with Crippen LogP contribution < -0.4 is 5.32 Å². The fourth-order valence-corrected chi connectivity index (χ4v) is 13.2. The minimum Gasteiger partial charge on any atom is -0.374 e. The predicted octanol–water partition coefficient (Wildman–Crippen LogP) is 22.6. The highest BCUT2D eigenvalue weighted by molar-refractivity contribution is 5.76. The van der Waals surface area contributed by atoms with E-state index >= 15 is 0 Å². The first kappa shape index (κ1) is 78.3. The number of ether oxygens (including phenoxy) is 7. The second kappa shape index (κ2) is 53.4. The van der Waals surface area contributed by atoms with Crippen LogP contribution in [0.3, 0.4) is 0 Å². The lowest BCUT2D eigenvalue weighted by atomic mass is 9.97. The van der Waals surface area contributed by atoms with E-state index < -0.39 is 36.7 Å². The molecule has 9 nitrogen and oxygen atoms in total. The van der Waals surface area contributed by atoms with Gasteiger partial charge in [-0.15, -0.1) is 0 Å². The number of unbranched alkanes of at least 4 members (excludes halogenated alkanes) is 34. The van der Waals surface area contributed by atoms with Crippen molar-refractivity contribution in [1.82, 2.24) is 5.32 Å². The number of rotatable bonds is 59. The molecule has 5 aromatic carbocycles. The molecule has 9 heteroatoms. The van der Waals surface area contributed by atoms with Gasteiger partial charge in [0.15, 0.2) is 6.29 Å². The molecule has 1 amide bonds. The number of carbonyl (C=O) groups is 1. The van der Waals surface area contributed by atoms with E-state index in [1.807, 2.05) is 78.9 Å². The Kier molecular flexibility index (Phi) is 44.4. The van der Waals surface area contributed by atoms with Gasteiger partial charge in [0, 0.05) is 6.42 Å². The third kappa shape index (κ3) is 36.0. The fraction of sp³-hybridized carbons (Fsp3) is 0.635. The summed E-state index contributed by atoms with van der Waals surface area (Å²) in [4.78, 5) is 14.5. The number of hydrogen-bond donors (Lipinski definition) is 1. The highest BCUT2D eigenvalue weighted by Gasteiger charge is 2.49. The molecule has 0 aliphatic carbocycles. The predicted molar refractivity (Wildman–Crippen MR) is 390 cm³/mol. The Morgan fingerprint density at radius 3 is 1.06 bits per heavy atom. The molecule has 7 atom stereocenters. The summed E-state index contributed by atoms with van der Waals surface area (Å²) in [5.41, 5.74) is 5.24. The van der Waals surface area contributed by atoms with Crippen molar-refractivity contribution in [1.29, 1.82) is 0 Å². The van der Waals surface area contributed by atoms with E-state index in [-0.39, 0.29) is 25.2 Å². The van der Waals surface area contributed by atoms with Crippen LogP contribution in [0.25, 0.3) is 0 Å². The van der Waals surface area contributed by atoms with Gasteiger partial charge in [0.2, 0.25) is 5.91 Å². The topological polar surface area (TPSA) is 93.7 Å². The Balaban J connectivity index is 1.11. The van der Waals surface area contributed by atoms with Crippen molar-refractivity contribution < 1.29 is 38.0 Å². The van der Waals surface area contributed by atoms with Gasteiger partial charge >= 0.3 is 0 Å². The zero-order chi connectivity index (χ0) is 65.7. The van der Waals surface area contributed by atoms with Gasteiger partial charge in [-0.3, -0.25) is 4.79 Å². The Bertz CT molecular complexity index is 2490. The van der Waals surface area contributed by atoms with Gasteiger partial charge in [0.25, 0.3) is 0 Å². The molecule has 0 radical (unpaired) electrons. The molecular formula is C85H129NO8. The summed E-state index contributed by atoms with van der Waals surface area (Å²) in [6.45, 7) is 6.71. The minimum absolute atomic E-state index is 0.0304. The summed E-state index contributed by atoms with van der Waals surface area (Å²) < 4.78 is 49.1. The molecule has 1 saturated heterocycles. The van der Waals surface area contributed by atoms with Gasteiger partial charge in [-0.1, -0.05) is 390 Å². The summed E-state index contributed by atoms with van der Waals surface area (Å²) in [6.07, 6.45) is 44.8. The molecule has 94 heavy (non-hydrogen) atoms. The van der Waals surface area contributed by atoms with Crippen LogP contribution in [0.2, 0.25) is 0 Å². The Hall–Kier alpha value is -4.71. The largest absolute Gasteiger partial charge is 0.374 e. The monoisotopic (exact) mass is 1290 g/mol. The van der Waals surface area contributed by atoms with Crippen LogP contribution in [-0.4, -0.2) is 62.0 Å². The molecule has 1 N–H and O–H groups in total. The van der Waals surface area contributed by atoms with E-state index in [1.54, 1.807) is 0 Å². The summed E-state index contributed by atoms with van der Waals surface area (Å²) in [5.74, 6) is 0.0304. The van der Waals surface area contributed by atoms with E-state index in [1.165, 1.54) is 199 Å². The fourth-order valence-electron chi connectivity index (χ4n) is 13.2. The number of amides is 1. The van der Waals surface area contributed by atoms with E-state index in [2.05, 4.69) is 92.0 Å². The average Bonchev–Trinajstić information content (AvgIpc) is 0.804. The minimum atomic E-state index is -0.930. The zero-order valence-corrected chi connectivity index (χ0v) is 59.1. The van der Waals surface area contributed by atoms with Gasteiger partial charge in [0.1, 0.15) is 24.4 Å². The molecule has 6 rings (SSSR count). The standard InChI is InChI=1S/C85H129NO8/c1-3-5-7-9-11-13-15-17-18-19-20-21-22-23-24-25-26-28-30-32-34-36-53-65-81(87)86-78(79(89-67-74-56-44-38-45-57-74)64-52-35-33-31-29-27-16-14-12-10-8-6-4-2)71-93-85-84(92-70-77-62-50-41-51-63-77)83(91-69-76-60-48-40-49-61-76)82(90-68-75-58-46-39-47-59-75)80(94-85)72-88-66-73-54-42-37-43-55-73/h37-51,54-63,78-80,82-85H,3-36,52-53,64-72H2,1-2H3,(H,86,87)/t78-,79+,80+,82-,83-,84+,85-/m0/s1. The molecule has 0 saturated carbocycles. The molecule has 0 spiro atoms. The molecule has 0 unspecified atom stereocenters. The lowest BCUT2D eigenvalue weighted by molar-refractivity contribution is -0.329. The Morgan fingerprint density at radius 2 is 0.681 bits per heavy atom. The smallest absolute Gasteiger partial charge is 0.220 e. The second-order valence-corrected chi connectivity index (χ2v) is 27.2. The van der Waals surface area contributed by atoms with Crippen molar-refractivity contribution in [3.63, 3.8) is 0 Å². The maximum Gasteiger partial charge on any atom is 0.220 e. The third-order valence-electron chi connectivity index (χ3n) is 19.0. The van der Waals surface area contributed by atoms with Gasteiger partial charge in [-0.25, -0.2) is 0 Å². The average molecular weight is 1290 g/mol.